The van der Waals surface area contributed by atoms with Crippen LogP contribution in [-0.2, 0) is 12.6 Å². The van der Waals surface area contributed by atoms with Gasteiger partial charge in [-0.3, -0.25) is 4.79 Å². The van der Waals surface area contributed by atoms with E-state index in [1.165, 1.54) is 5.56 Å². The van der Waals surface area contributed by atoms with E-state index in [1.54, 1.807) is 0 Å². The number of nitrogens with one attached hydrogen (secondary N) is 1. The number of benzene rings is 2. The Morgan fingerprint density at radius 3 is 2.21 bits per heavy atom. The molecule has 140 valence electrons. The lowest BCUT2D eigenvalue weighted by Gasteiger charge is -2.08. The molecule has 0 saturated carbocycles. The largest absolute Gasteiger partial charge is 0.732 e. The van der Waals surface area contributed by atoms with Crippen molar-refractivity contribution >= 4 is 45.8 Å². The summed E-state index contributed by atoms with van der Waals surface area (Å²) in [6.07, 6.45) is 1.86. The molecule has 0 aliphatic carbocycles. The van der Waals surface area contributed by atoms with E-state index in [0.29, 0.717) is 10.7 Å². The molecule has 1 amide bonds. The van der Waals surface area contributed by atoms with Gasteiger partial charge >= 0.3 is 0 Å². The predicted molar refractivity (Wildman–Crippen MR) is 116 cm³/mol. The summed E-state index contributed by atoms with van der Waals surface area (Å²) in [5, 5.41) is 3.42. The number of hydrogen-bond acceptors (Lipinski definition) is 2. The van der Waals surface area contributed by atoms with Crippen LogP contribution in [0.15, 0.2) is 76.4 Å². The fourth-order valence-corrected chi connectivity index (χ4v) is 3.85. The summed E-state index contributed by atoms with van der Waals surface area (Å²) in [4.78, 5) is 13.1. The normalized spacial score (nSPS) is 11.0. The summed E-state index contributed by atoms with van der Waals surface area (Å²) >= 11 is 9.22. The van der Waals surface area contributed by atoms with Gasteiger partial charge in [0, 0.05) is 16.8 Å². The van der Waals surface area contributed by atoms with E-state index in [4.69, 9.17) is 12.6 Å². The molecule has 0 radical (unpaired) electrons. The molecule has 0 aliphatic rings. The van der Waals surface area contributed by atoms with Gasteiger partial charge in [-0.15, -0.1) is 0 Å². The van der Waals surface area contributed by atoms with E-state index in [0.717, 1.165) is 27.1 Å². The van der Waals surface area contributed by atoms with Crippen molar-refractivity contribution in [3.8, 4) is 5.69 Å². The number of carbonyl (C=O) groups is 1. The second kappa shape index (κ2) is 7.37. The summed E-state index contributed by atoms with van der Waals surface area (Å²) in [5.41, 5.74) is 5.20. The van der Waals surface area contributed by atoms with Crippen LogP contribution in [0.5, 0.6) is 0 Å². The van der Waals surface area contributed by atoms with Gasteiger partial charge in [0.25, 0.3) is 11.6 Å². The van der Waals surface area contributed by atoms with Crippen LogP contribution in [0.2, 0.25) is 0 Å². The number of imidazole rings is 1. The van der Waals surface area contributed by atoms with Crippen LogP contribution in [-0.4, -0.2) is 10.5 Å². The number of aryl methyl sites for hydroxylation is 2. The van der Waals surface area contributed by atoms with Gasteiger partial charge in [0.05, 0.1) is 4.47 Å². The zero-order chi connectivity index (χ0) is 19.8. The molecule has 2 aromatic carbocycles. The number of rotatable bonds is 3. The first kappa shape index (κ1) is 18.7. The lowest BCUT2D eigenvalue weighted by atomic mass is 10.2. The molecule has 1 N–H and O–H groups in total. The summed E-state index contributed by atoms with van der Waals surface area (Å²) in [7, 11) is 0. The Hall–Kier alpha value is -2.70. The highest BCUT2D eigenvalue weighted by Gasteiger charge is 2.25. The molecule has 0 fully saturated rings. The van der Waals surface area contributed by atoms with E-state index in [2.05, 4.69) is 21.2 Å². The number of halogens is 1. The van der Waals surface area contributed by atoms with Crippen LogP contribution in [0, 0.1) is 13.8 Å². The molecule has 2 heterocycles. The molecule has 2 aromatic heterocycles. The van der Waals surface area contributed by atoms with E-state index in [1.807, 2.05) is 89.7 Å². The van der Waals surface area contributed by atoms with Gasteiger partial charge in [-0.2, -0.15) is 4.40 Å². The fourth-order valence-electron chi connectivity index (χ4n) is 3.12. The molecule has 0 spiro atoms. The molecule has 6 heteroatoms. The Labute approximate surface area is 177 Å². The van der Waals surface area contributed by atoms with Gasteiger partial charge in [0.2, 0.25) is 5.69 Å². The summed E-state index contributed by atoms with van der Waals surface area (Å²) in [6.45, 7) is 4.05. The molecule has 4 rings (SSSR count). The minimum absolute atomic E-state index is 0.243. The second-order valence-corrected chi connectivity index (χ2v) is 8.02. The van der Waals surface area contributed by atoms with Gasteiger partial charge in [0.1, 0.15) is 11.9 Å². The van der Waals surface area contributed by atoms with Crippen molar-refractivity contribution in [2.24, 2.45) is 0 Å². The van der Waals surface area contributed by atoms with E-state index >= 15 is 0 Å². The van der Waals surface area contributed by atoms with Crippen LogP contribution < -0.4 is 9.72 Å². The molecule has 0 atom stereocenters. The first-order valence-electron chi connectivity index (χ1n) is 8.82. The molecular formula is C22H18BrN3OS. The maximum absolute atomic E-state index is 13.1. The molecule has 0 bridgehead atoms. The molecule has 28 heavy (non-hydrogen) atoms. The number of aromatic nitrogens is 2. The first-order valence-corrected chi connectivity index (χ1v) is 10.0. The summed E-state index contributed by atoms with van der Waals surface area (Å²) < 4.78 is 4.62. The fraction of sp³-hybridized carbons (Fsp3) is 0.0909. The Morgan fingerprint density at radius 2 is 1.57 bits per heavy atom. The number of fused-ring (bicyclic) bond motifs is 1. The number of nitrogens with zero attached hydrogens (tertiary/aromatic N) is 2. The van der Waals surface area contributed by atoms with E-state index in [-0.39, 0.29) is 5.91 Å². The lowest BCUT2D eigenvalue weighted by molar-refractivity contribution is -0.514. The van der Waals surface area contributed by atoms with Crippen molar-refractivity contribution in [3.05, 3.63) is 88.2 Å². The number of anilines is 1. The minimum atomic E-state index is -0.243. The van der Waals surface area contributed by atoms with Gasteiger partial charge in [-0.1, -0.05) is 35.4 Å². The molecule has 0 unspecified atom stereocenters. The number of carbonyl (C=O) groups excluding carboxylic acids is 1. The Bertz CT molecular complexity index is 1180. The Morgan fingerprint density at radius 1 is 0.964 bits per heavy atom. The quantitative estimate of drug-likeness (QED) is 0.360. The molecule has 0 saturated heterocycles. The first-order chi connectivity index (χ1) is 13.4. The van der Waals surface area contributed by atoms with E-state index < -0.39 is 0 Å². The van der Waals surface area contributed by atoms with Crippen molar-refractivity contribution in [1.82, 2.24) is 4.57 Å². The zero-order valence-electron chi connectivity index (χ0n) is 15.4. The monoisotopic (exact) mass is 451 g/mol. The van der Waals surface area contributed by atoms with Crippen LogP contribution in [0.4, 0.5) is 5.69 Å². The van der Waals surface area contributed by atoms with Gasteiger partial charge in [-0.25, -0.2) is 4.57 Å². The van der Waals surface area contributed by atoms with Crippen LogP contribution in [0.3, 0.4) is 0 Å². The maximum atomic E-state index is 13.1. The van der Waals surface area contributed by atoms with Gasteiger partial charge in [-0.05, 0) is 60.1 Å². The zero-order valence-corrected chi connectivity index (χ0v) is 17.8. The number of hydrogen-bond donors (Lipinski definition) is 1. The third-order valence-corrected chi connectivity index (χ3v) is 5.43. The topological polar surface area (TPSA) is 38.1 Å². The maximum Gasteiger partial charge on any atom is 0.298 e. The van der Waals surface area contributed by atoms with E-state index in [9.17, 15) is 4.79 Å². The highest BCUT2D eigenvalue weighted by Crippen LogP contribution is 2.21. The van der Waals surface area contributed by atoms with Gasteiger partial charge < -0.3 is 17.9 Å². The average Bonchev–Trinajstić information content (AvgIpc) is 2.95. The Balaban J connectivity index is 1.86. The molecule has 4 nitrogen and oxygen atoms in total. The minimum Gasteiger partial charge on any atom is -0.732 e. The van der Waals surface area contributed by atoms with Crippen molar-refractivity contribution in [3.63, 3.8) is 0 Å². The smallest absolute Gasteiger partial charge is 0.298 e. The molecule has 4 aromatic rings. The van der Waals surface area contributed by atoms with Gasteiger partial charge in [0.15, 0.2) is 0 Å². The average molecular weight is 452 g/mol. The summed E-state index contributed by atoms with van der Waals surface area (Å²) in [5.74, 6) is -0.243. The van der Waals surface area contributed by atoms with Crippen LogP contribution >= 0.6 is 15.9 Å². The second-order valence-electron chi connectivity index (χ2n) is 6.72. The molecule has 0 aliphatic heterocycles. The van der Waals surface area contributed by atoms with Crippen molar-refractivity contribution in [2.45, 2.75) is 18.9 Å². The van der Waals surface area contributed by atoms with Crippen molar-refractivity contribution in [2.75, 3.05) is 5.32 Å². The van der Waals surface area contributed by atoms with Crippen molar-refractivity contribution in [1.29, 1.82) is 0 Å². The SMILES string of the molecule is Cc1ccc(NC(=O)c2c([S-])n(-c3ccc(C)cc3)c3ccc(Br)c[n+]23)cc1. The van der Waals surface area contributed by atoms with Crippen LogP contribution in [0.25, 0.3) is 11.3 Å². The lowest BCUT2D eigenvalue weighted by Crippen LogP contribution is -2.31. The number of amides is 1. The highest BCUT2D eigenvalue weighted by atomic mass is 79.9. The molecular weight excluding hydrogens is 434 g/mol. The highest BCUT2D eigenvalue weighted by molar-refractivity contribution is 9.10. The Kier molecular flexibility index (Phi) is 4.91. The van der Waals surface area contributed by atoms with Crippen LogP contribution in [0.1, 0.15) is 21.6 Å². The third-order valence-electron chi connectivity index (χ3n) is 4.58. The number of pyridine rings is 1. The predicted octanol–water partition coefficient (Wildman–Crippen LogP) is 4.75. The third kappa shape index (κ3) is 3.41. The summed E-state index contributed by atoms with van der Waals surface area (Å²) in [6, 6.07) is 19.7. The van der Waals surface area contributed by atoms with Crippen molar-refractivity contribution < 1.29 is 9.20 Å². The standard InChI is InChI=1S/C22H18BrN3OS/c1-14-3-8-17(9-4-14)24-21(27)20-22(28)26(18-10-5-15(2)6-11-18)19-12-7-16(23)13-25(19)20/h3-13H,1-2H3,(H-,24,27,28).